The molecule has 21 heavy (non-hydrogen) atoms. The highest BCUT2D eigenvalue weighted by molar-refractivity contribution is 7.16. The van der Waals surface area contributed by atoms with Crippen molar-refractivity contribution in [3.8, 4) is 10.6 Å². The lowest BCUT2D eigenvalue weighted by molar-refractivity contribution is 0.0702. The van der Waals surface area contributed by atoms with Gasteiger partial charge >= 0.3 is 5.97 Å². The first-order chi connectivity index (χ1) is 9.97. The smallest absolute Gasteiger partial charge is 0.347 e. The van der Waals surface area contributed by atoms with Crippen LogP contribution in [-0.2, 0) is 0 Å². The Hall–Kier alpha value is -2.47. The molecule has 0 radical (unpaired) electrons. The van der Waals surface area contributed by atoms with Crippen LogP contribution < -0.4 is 5.73 Å². The number of carboxylic acid groups (broad SMARTS) is 1. The van der Waals surface area contributed by atoms with Gasteiger partial charge in [-0.1, -0.05) is 12.1 Å². The van der Waals surface area contributed by atoms with Gasteiger partial charge in [0, 0.05) is 22.0 Å². The molecule has 3 N–H and O–H groups in total. The van der Waals surface area contributed by atoms with E-state index in [0.29, 0.717) is 32.6 Å². The van der Waals surface area contributed by atoms with E-state index in [-0.39, 0.29) is 10.7 Å². The highest BCUT2D eigenvalue weighted by atomic mass is 32.1. The van der Waals surface area contributed by atoms with Crippen LogP contribution in [0.3, 0.4) is 0 Å². The second-order valence-corrected chi connectivity index (χ2v) is 5.72. The Kier molecular flexibility index (Phi) is 3.10. The highest BCUT2D eigenvalue weighted by Crippen LogP contribution is 2.33. The molecule has 0 bridgehead atoms. The topological polar surface area (TPSA) is 76.2 Å². The fourth-order valence-electron chi connectivity index (χ4n) is 2.17. The molecular weight excluding hydrogens is 291 g/mol. The van der Waals surface area contributed by atoms with Crippen molar-refractivity contribution in [2.24, 2.45) is 0 Å². The monoisotopic (exact) mass is 302 g/mol. The maximum atomic E-state index is 14.2. The number of benzene rings is 2. The number of aryl methyl sites for hydroxylation is 1. The van der Waals surface area contributed by atoms with Crippen molar-refractivity contribution in [3.05, 3.63) is 46.7 Å². The molecule has 4 nitrogen and oxygen atoms in total. The molecule has 0 spiro atoms. The minimum atomic E-state index is -1.03. The minimum Gasteiger partial charge on any atom is -0.477 e. The molecule has 2 aromatic carbocycles. The summed E-state index contributed by atoms with van der Waals surface area (Å²) in [6, 6.07) is 6.79. The molecule has 0 saturated heterocycles. The summed E-state index contributed by atoms with van der Waals surface area (Å²) in [6.07, 6.45) is 1.29. The number of nitrogen functional groups attached to an aromatic ring is 1. The van der Waals surface area contributed by atoms with Crippen LogP contribution in [0.25, 0.3) is 21.3 Å². The number of thiazole rings is 1. The number of halogens is 1. The molecule has 0 amide bonds. The van der Waals surface area contributed by atoms with Crippen molar-refractivity contribution in [3.63, 3.8) is 0 Å². The fraction of sp³-hybridized carbons (Fsp3) is 0.0667. The molecule has 0 fully saturated rings. The summed E-state index contributed by atoms with van der Waals surface area (Å²) in [5, 5.41) is 10.5. The van der Waals surface area contributed by atoms with E-state index in [1.807, 2.05) is 0 Å². The van der Waals surface area contributed by atoms with E-state index < -0.39 is 5.97 Å². The number of hydrogen-bond donors (Lipinski definition) is 2. The Morgan fingerprint density at radius 1 is 1.33 bits per heavy atom. The Morgan fingerprint density at radius 2 is 2.10 bits per heavy atom. The highest BCUT2D eigenvalue weighted by Gasteiger charge is 2.13. The number of fused-ring (bicyclic) bond motifs is 1. The number of aromatic carboxylic acids is 1. The Balaban J connectivity index is 2.23. The second kappa shape index (κ2) is 4.82. The van der Waals surface area contributed by atoms with Gasteiger partial charge in [0.05, 0.1) is 6.20 Å². The van der Waals surface area contributed by atoms with Gasteiger partial charge in [-0.05, 0) is 24.6 Å². The zero-order valence-electron chi connectivity index (χ0n) is 11.1. The lowest BCUT2D eigenvalue weighted by Gasteiger charge is -2.08. The minimum absolute atomic E-state index is 0.133. The molecule has 6 heteroatoms. The maximum absolute atomic E-state index is 14.2. The predicted octanol–water partition coefficient (Wildman–Crippen LogP) is 3.69. The molecule has 0 unspecified atom stereocenters. The number of rotatable bonds is 2. The quantitative estimate of drug-likeness (QED) is 0.708. The lowest BCUT2D eigenvalue weighted by atomic mass is 10.0. The van der Waals surface area contributed by atoms with Crippen molar-refractivity contribution >= 4 is 33.8 Å². The number of nitrogens with two attached hydrogens (primary N) is 1. The third-order valence-electron chi connectivity index (χ3n) is 3.26. The first kappa shape index (κ1) is 13.5. The van der Waals surface area contributed by atoms with Crippen molar-refractivity contribution < 1.29 is 14.3 Å². The average molecular weight is 302 g/mol. The molecule has 0 atom stereocenters. The van der Waals surface area contributed by atoms with Crippen molar-refractivity contribution in [2.75, 3.05) is 5.73 Å². The predicted molar refractivity (Wildman–Crippen MR) is 81.1 cm³/mol. The van der Waals surface area contributed by atoms with Gasteiger partial charge in [-0.2, -0.15) is 0 Å². The lowest BCUT2D eigenvalue weighted by Crippen LogP contribution is -1.92. The van der Waals surface area contributed by atoms with Gasteiger partial charge in [0.1, 0.15) is 15.7 Å². The molecule has 0 aliphatic heterocycles. The number of hydrogen-bond acceptors (Lipinski definition) is 4. The number of carboxylic acids is 1. The molecule has 3 aromatic rings. The molecule has 3 rings (SSSR count). The van der Waals surface area contributed by atoms with E-state index >= 15 is 0 Å². The molecule has 0 saturated carbocycles. The number of aromatic nitrogens is 1. The van der Waals surface area contributed by atoms with Crippen LogP contribution >= 0.6 is 11.3 Å². The zero-order valence-corrected chi connectivity index (χ0v) is 11.9. The largest absolute Gasteiger partial charge is 0.477 e. The van der Waals surface area contributed by atoms with Crippen LogP contribution in [0.5, 0.6) is 0 Å². The van der Waals surface area contributed by atoms with E-state index in [2.05, 4.69) is 4.98 Å². The first-order valence-electron chi connectivity index (χ1n) is 6.15. The zero-order chi connectivity index (χ0) is 15.1. The number of anilines is 1. The van der Waals surface area contributed by atoms with Gasteiger partial charge < -0.3 is 10.8 Å². The Morgan fingerprint density at radius 3 is 2.76 bits per heavy atom. The summed E-state index contributed by atoms with van der Waals surface area (Å²) in [4.78, 5) is 15.1. The van der Waals surface area contributed by atoms with E-state index in [0.717, 1.165) is 11.3 Å². The van der Waals surface area contributed by atoms with E-state index in [1.165, 1.54) is 6.20 Å². The van der Waals surface area contributed by atoms with Crippen molar-refractivity contribution in [1.29, 1.82) is 0 Å². The van der Waals surface area contributed by atoms with E-state index in [4.69, 9.17) is 10.8 Å². The summed E-state index contributed by atoms with van der Waals surface area (Å²) in [7, 11) is 0. The van der Waals surface area contributed by atoms with Gasteiger partial charge in [-0.15, -0.1) is 11.3 Å². The molecule has 1 heterocycles. The van der Waals surface area contributed by atoms with Gasteiger partial charge in [0.15, 0.2) is 0 Å². The normalized spacial score (nSPS) is 11.0. The van der Waals surface area contributed by atoms with Crippen LogP contribution in [0.2, 0.25) is 0 Å². The van der Waals surface area contributed by atoms with Crippen LogP contribution in [0, 0.1) is 12.7 Å². The van der Waals surface area contributed by atoms with Crippen molar-refractivity contribution in [2.45, 2.75) is 6.92 Å². The molecule has 106 valence electrons. The third kappa shape index (κ3) is 2.23. The number of carbonyl (C=O) groups is 1. The van der Waals surface area contributed by atoms with Crippen LogP contribution in [-0.4, -0.2) is 16.1 Å². The molecule has 0 aliphatic carbocycles. The summed E-state index contributed by atoms with van der Waals surface area (Å²) < 4.78 is 14.2. The van der Waals surface area contributed by atoms with Gasteiger partial charge in [-0.25, -0.2) is 14.2 Å². The Bertz CT molecular complexity index is 873. The second-order valence-electron chi connectivity index (χ2n) is 4.69. The van der Waals surface area contributed by atoms with Gasteiger partial charge in [0.25, 0.3) is 0 Å². The average Bonchev–Trinajstić information content (AvgIpc) is 2.93. The SMILES string of the molecule is Cc1ccc2c(N)cc(-c3ncc(C(=O)O)s3)cc2c1F. The standard InChI is InChI=1S/C15H11FN2O2S/c1-7-2-3-9-10(13(7)16)4-8(5-11(9)17)14-18-6-12(21-14)15(19)20/h2-6H,17H2,1H3,(H,19,20). The maximum Gasteiger partial charge on any atom is 0.347 e. The first-order valence-corrected chi connectivity index (χ1v) is 6.97. The summed E-state index contributed by atoms with van der Waals surface area (Å²) >= 11 is 1.03. The van der Waals surface area contributed by atoms with Gasteiger partial charge in [0.2, 0.25) is 0 Å². The molecule has 0 aliphatic rings. The van der Waals surface area contributed by atoms with Crippen LogP contribution in [0.15, 0.2) is 30.5 Å². The molecular formula is C15H11FN2O2S. The van der Waals surface area contributed by atoms with Crippen LogP contribution in [0.4, 0.5) is 10.1 Å². The summed E-state index contributed by atoms with van der Waals surface area (Å²) in [5.41, 5.74) is 7.56. The molecule has 1 aromatic heterocycles. The van der Waals surface area contributed by atoms with Gasteiger partial charge in [-0.3, -0.25) is 0 Å². The Labute approximate surface area is 123 Å². The van der Waals surface area contributed by atoms with Crippen molar-refractivity contribution in [1.82, 2.24) is 4.98 Å². The third-order valence-corrected chi connectivity index (χ3v) is 4.29. The fourth-order valence-corrected chi connectivity index (χ4v) is 2.91. The van der Waals surface area contributed by atoms with E-state index in [9.17, 15) is 9.18 Å². The van der Waals surface area contributed by atoms with Crippen LogP contribution in [0.1, 0.15) is 15.2 Å². The number of nitrogens with zero attached hydrogens (tertiary/aromatic N) is 1. The van der Waals surface area contributed by atoms with E-state index in [1.54, 1.807) is 31.2 Å². The summed E-state index contributed by atoms with van der Waals surface area (Å²) in [6.45, 7) is 1.68. The summed E-state index contributed by atoms with van der Waals surface area (Å²) in [5.74, 6) is -1.36.